The molecule has 0 aliphatic carbocycles. The minimum Gasteiger partial charge on any atom is -0.480 e. The second kappa shape index (κ2) is 12.8. The summed E-state index contributed by atoms with van der Waals surface area (Å²) >= 11 is 0. The molecule has 0 spiro atoms. The molecule has 1 saturated heterocycles. The number of aliphatic hydroxyl groups excluding tert-OH is 2. The van der Waals surface area contributed by atoms with Crippen LogP contribution >= 0.6 is 0 Å². The van der Waals surface area contributed by atoms with E-state index in [1.54, 1.807) is 0 Å². The number of carboxylic acid groups (broad SMARTS) is 1. The molecule has 5 unspecified atom stereocenters. The molecule has 32 heavy (non-hydrogen) atoms. The summed E-state index contributed by atoms with van der Waals surface area (Å²) in [6.45, 7) is 0.967. The maximum absolute atomic E-state index is 12.9. The first-order chi connectivity index (χ1) is 15.0. The van der Waals surface area contributed by atoms with E-state index >= 15 is 0 Å². The number of amides is 3. The van der Waals surface area contributed by atoms with Gasteiger partial charge in [-0.15, -0.1) is 0 Å². The number of nitrogens with one attached hydrogen (secondary N) is 2. The number of aliphatic imine (C=N–C) groups is 1. The van der Waals surface area contributed by atoms with Gasteiger partial charge < -0.3 is 48.1 Å². The number of rotatable bonds is 12. The Kier molecular flexibility index (Phi) is 10.8. The van der Waals surface area contributed by atoms with Crippen LogP contribution in [0, 0.1) is 0 Å². The Bertz CT molecular complexity index is 712. The summed E-state index contributed by atoms with van der Waals surface area (Å²) in [5, 5.41) is 32.5. The van der Waals surface area contributed by atoms with Crippen molar-refractivity contribution in [3.8, 4) is 0 Å². The summed E-state index contributed by atoms with van der Waals surface area (Å²) in [6.07, 6.45) is 0.115. The van der Waals surface area contributed by atoms with Crippen molar-refractivity contribution in [3.63, 3.8) is 0 Å². The quantitative estimate of drug-likeness (QED) is 0.0793. The van der Waals surface area contributed by atoms with Crippen LogP contribution in [-0.2, 0) is 19.2 Å². The molecular formula is C18H33N7O7. The van der Waals surface area contributed by atoms with Gasteiger partial charge in [0.05, 0.1) is 12.7 Å². The Morgan fingerprint density at radius 1 is 1.19 bits per heavy atom. The maximum atomic E-state index is 12.9. The fourth-order valence-corrected chi connectivity index (χ4v) is 3.20. The van der Waals surface area contributed by atoms with Gasteiger partial charge in [0.15, 0.2) is 5.96 Å². The molecule has 0 aromatic heterocycles. The summed E-state index contributed by atoms with van der Waals surface area (Å²) in [6, 6.07) is -4.79. The van der Waals surface area contributed by atoms with Crippen LogP contribution in [0.3, 0.4) is 0 Å². The fraction of sp³-hybridized carbons (Fsp3) is 0.722. The topological polar surface area (TPSA) is 247 Å². The minimum absolute atomic E-state index is 0.0694. The SMILES string of the molecule is CC(O)C(N)C(=O)N1CCCC1C(=O)NC(CCCN=C(N)N)C(=O)NC(CO)C(=O)O. The van der Waals surface area contributed by atoms with Gasteiger partial charge in [-0.2, -0.15) is 0 Å². The van der Waals surface area contributed by atoms with Gasteiger partial charge in [-0.25, -0.2) is 4.79 Å². The highest BCUT2D eigenvalue weighted by Crippen LogP contribution is 2.19. The molecule has 0 radical (unpaired) electrons. The Morgan fingerprint density at radius 2 is 1.84 bits per heavy atom. The van der Waals surface area contributed by atoms with Crippen molar-refractivity contribution in [3.05, 3.63) is 0 Å². The third-order valence-electron chi connectivity index (χ3n) is 5.02. The van der Waals surface area contributed by atoms with Gasteiger partial charge in [-0.3, -0.25) is 19.4 Å². The first kappa shape index (κ1) is 27.1. The molecule has 14 heteroatoms. The fourth-order valence-electron chi connectivity index (χ4n) is 3.20. The second-order valence-electron chi connectivity index (χ2n) is 7.55. The summed E-state index contributed by atoms with van der Waals surface area (Å²) in [7, 11) is 0. The molecule has 0 bridgehead atoms. The lowest BCUT2D eigenvalue weighted by atomic mass is 10.1. The number of hydrogen-bond donors (Lipinski definition) is 8. The molecule has 3 amide bonds. The molecule has 1 fully saturated rings. The number of carbonyl (C=O) groups excluding carboxylic acids is 3. The number of aliphatic carboxylic acids is 1. The van der Waals surface area contributed by atoms with E-state index < -0.39 is 60.6 Å². The summed E-state index contributed by atoms with van der Waals surface area (Å²) < 4.78 is 0. The molecule has 0 saturated carbocycles. The molecule has 0 aromatic carbocycles. The van der Waals surface area contributed by atoms with Gasteiger partial charge in [-0.1, -0.05) is 0 Å². The van der Waals surface area contributed by atoms with E-state index in [0.717, 1.165) is 0 Å². The van der Waals surface area contributed by atoms with E-state index in [4.69, 9.17) is 27.4 Å². The van der Waals surface area contributed by atoms with Crippen molar-refractivity contribution in [2.75, 3.05) is 19.7 Å². The third kappa shape index (κ3) is 7.94. The number of aliphatic hydroxyl groups is 2. The normalized spacial score (nSPS) is 19.4. The molecule has 5 atom stereocenters. The van der Waals surface area contributed by atoms with Crippen molar-refractivity contribution in [1.82, 2.24) is 15.5 Å². The lowest BCUT2D eigenvalue weighted by molar-refractivity contribution is -0.144. The number of hydrogen-bond acceptors (Lipinski definition) is 8. The number of likely N-dealkylation sites (tertiary alicyclic amines) is 1. The van der Waals surface area contributed by atoms with Crippen LogP contribution in [0.2, 0.25) is 0 Å². The van der Waals surface area contributed by atoms with Crippen LogP contribution in [0.4, 0.5) is 0 Å². The molecule has 0 aromatic rings. The molecule has 14 nitrogen and oxygen atoms in total. The van der Waals surface area contributed by atoms with E-state index in [1.165, 1.54) is 11.8 Å². The number of guanidine groups is 1. The number of nitrogens with zero attached hydrogens (tertiary/aromatic N) is 2. The third-order valence-corrected chi connectivity index (χ3v) is 5.02. The minimum atomic E-state index is -1.55. The van der Waals surface area contributed by atoms with Gasteiger partial charge >= 0.3 is 5.97 Å². The average Bonchev–Trinajstić information content (AvgIpc) is 3.22. The number of carbonyl (C=O) groups is 4. The predicted octanol–water partition coefficient (Wildman–Crippen LogP) is -4.21. The molecule has 1 aliphatic heterocycles. The van der Waals surface area contributed by atoms with Gasteiger partial charge in [-0.05, 0) is 32.6 Å². The predicted molar refractivity (Wildman–Crippen MR) is 113 cm³/mol. The van der Waals surface area contributed by atoms with Crippen molar-refractivity contribution in [2.45, 2.75) is 62.9 Å². The molecule has 1 rings (SSSR count). The Labute approximate surface area is 185 Å². The standard InChI is InChI=1S/C18H33N7O7/c1-9(27)13(19)16(30)25-7-3-5-12(25)15(29)23-10(4-2-6-22-18(20)21)14(28)24-11(8-26)17(31)32/h9-13,26-27H,2-8,19H2,1H3,(H,23,29)(H,24,28)(H,31,32)(H4,20,21,22). The largest absolute Gasteiger partial charge is 0.480 e. The average molecular weight is 460 g/mol. The van der Waals surface area contributed by atoms with Crippen LogP contribution in [0.15, 0.2) is 4.99 Å². The second-order valence-corrected chi connectivity index (χ2v) is 7.55. The molecular weight excluding hydrogens is 426 g/mol. The maximum Gasteiger partial charge on any atom is 0.328 e. The Balaban J connectivity index is 2.92. The van der Waals surface area contributed by atoms with E-state index in [0.29, 0.717) is 12.8 Å². The lowest BCUT2D eigenvalue weighted by Crippen LogP contribution is -2.58. The van der Waals surface area contributed by atoms with E-state index in [2.05, 4.69) is 15.6 Å². The van der Waals surface area contributed by atoms with Crippen molar-refractivity contribution < 1.29 is 34.5 Å². The van der Waals surface area contributed by atoms with Crippen LogP contribution in [0.25, 0.3) is 0 Å². The van der Waals surface area contributed by atoms with Gasteiger partial charge in [0.2, 0.25) is 17.7 Å². The highest BCUT2D eigenvalue weighted by molar-refractivity contribution is 5.94. The highest BCUT2D eigenvalue weighted by Gasteiger charge is 2.38. The van der Waals surface area contributed by atoms with Crippen molar-refractivity contribution >= 4 is 29.7 Å². The molecule has 1 heterocycles. The number of carboxylic acids is 1. The van der Waals surface area contributed by atoms with Gasteiger partial charge in [0.1, 0.15) is 24.2 Å². The first-order valence-electron chi connectivity index (χ1n) is 10.2. The number of nitrogens with two attached hydrogens (primary N) is 3. The van der Waals surface area contributed by atoms with E-state index in [9.17, 15) is 24.3 Å². The van der Waals surface area contributed by atoms with E-state index in [1.807, 2.05) is 0 Å². The zero-order chi connectivity index (χ0) is 24.4. The van der Waals surface area contributed by atoms with Crippen LogP contribution in [-0.4, -0.2) is 99.8 Å². The van der Waals surface area contributed by atoms with Gasteiger partial charge in [0, 0.05) is 13.1 Å². The smallest absolute Gasteiger partial charge is 0.328 e. The Hall–Kier alpha value is -2.97. The molecule has 1 aliphatic rings. The Morgan fingerprint density at radius 3 is 2.38 bits per heavy atom. The van der Waals surface area contributed by atoms with Crippen LogP contribution < -0.4 is 27.8 Å². The summed E-state index contributed by atoms with van der Waals surface area (Å²) in [5.74, 6) is -3.60. The van der Waals surface area contributed by atoms with Crippen LogP contribution in [0.5, 0.6) is 0 Å². The molecule has 182 valence electrons. The first-order valence-corrected chi connectivity index (χ1v) is 10.2. The summed E-state index contributed by atoms with van der Waals surface area (Å²) in [4.78, 5) is 54.1. The summed E-state index contributed by atoms with van der Waals surface area (Å²) in [5.41, 5.74) is 16.2. The van der Waals surface area contributed by atoms with E-state index in [-0.39, 0.29) is 31.9 Å². The molecule has 11 N–H and O–H groups in total. The van der Waals surface area contributed by atoms with Crippen LogP contribution in [0.1, 0.15) is 32.6 Å². The zero-order valence-corrected chi connectivity index (χ0v) is 17.9. The lowest BCUT2D eigenvalue weighted by Gasteiger charge is -2.29. The van der Waals surface area contributed by atoms with Crippen molar-refractivity contribution in [1.29, 1.82) is 0 Å². The van der Waals surface area contributed by atoms with Gasteiger partial charge in [0.25, 0.3) is 0 Å². The van der Waals surface area contributed by atoms with Crippen molar-refractivity contribution in [2.24, 2.45) is 22.2 Å². The highest BCUT2D eigenvalue weighted by atomic mass is 16.4. The monoisotopic (exact) mass is 459 g/mol. The zero-order valence-electron chi connectivity index (χ0n) is 17.9.